The quantitative estimate of drug-likeness (QED) is 0.448. The summed E-state index contributed by atoms with van der Waals surface area (Å²) in [7, 11) is -3.32. The van der Waals surface area contributed by atoms with Crippen LogP contribution in [0.4, 0.5) is 4.39 Å². The van der Waals surface area contributed by atoms with Gasteiger partial charge in [-0.05, 0) is 43.4 Å². The molecule has 2 heterocycles. The number of likely N-dealkylation sites (tertiary alicyclic amines) is 2. The number of hydrogen-bond donors (Lipinski definition) is 1. The normalized spacial score (nSPS) is 24.7. The Hall–Kier alpha value is -2.75. The number of amides is 2. The Morgan fingerprint density at radius 1 is 1.10 bits per heavy atom. The van der Waals surface area contributed by atoms with Gasteiger partial charge < -0.3 is 10.2 Å². The molecule has 2 aliphatic heterocycles. The van der Waals surface area contributed by atoms with Gasteiger partial charge in [-0.1, -0.05) is 66.2 Å². The van der Waals surface area contributed by atoms with E-state index in [1.54, 1.807) is 11.8 Å². The number of rotatable bonds is 9. The summed E-state index contributed by atoms with van der Waals surface area (Å²) in [6.45, 7) is 4.31. The minimum Gasteiger partial charge on any atom is -0.350 e. The maximum atomic E-state index is 15.9. The third-order valence-corrected chi connectivity index (χ3v) is 8.94. The maximum Gasteiger partial charge on any atom is 0.227 e. The number of hydrogen-bond acceptors (Lipinski definition) is 5. The molecular formula is C31H39ClFN3O4S. The molecular weight excluding hydrogens is 565 g/mol. The molecule has 7 nitrogen and oxygen atoms in total. The third kappa shape index (κ3) is 8.87. The van der Waals surface area contributed by atoms with Gasteiger partial charge in [-0.15, -0.1) is 0 Å². The minimum atomic E-state index is -3.32. The van der Waals surface area contributed by atoms with Crippen molar-refractivity contribution in [3.05, 3.63) is 82.2 Å². The standard InChI is InChI=1S/C31H39ClFN3O4S/c1-23(13-18-41(2,39)40)34-29(37)19-31(33)14-8-16-36(17-15-31)30(38)27-22-35(20-24-9-4-3-5-10-24)21-26(27)25-11-6-7-12-28(25)32/h3-7,9-13,18,23,26-27H,8,14-17,19-22H2,1-2H3,(H,34,37)/b18-13-/t23-,26+,27+,31-/m1/s1. The van der Waals surface area contributed by atoms with Crippen LogP contribution >= 0.6 is 11.6 Å². The summed E-state index contributed by atoms with van der Waals surface area (Å²) in [6, 6.07) is 17.3. The van der Waals surface area contributed by atoms with Crippen LogP contribution < -0.4 is 5.32 Å². The van der Waals surface area contributed by atoms with Gasteiger partial charge in [0, 0.05) is 61.4 Å². The second-order valence-corrected chi connectivity index (χ2v) is 13.8. The highest BCUT2D eigenvalue weighted by atomic mass is 35.5. The fourth-order valence-corrected chi connectivity index (χ4v) is 6.69. The van der Waals surface area contributed by atoms with Crippen molar-refractivity contribution in [1.29, 1.82) is 0 Å². The highest BCUT2D eigenvalue weighted by molar-refractivity contribution is 7.93. The van der Waals surface area contributed by atoms with E-state index in [1.165, 1.54) is 11.6 Å². The predicted molar refractivity (Wildman–Crippen MR) is 160 cm³/mol. The first-order valence-electron chi connectivity index (χ1n) is 14.1. The number of halogens is 2. The zero-order valence-electron chi connectivity index (χ0n) is 23.6. The Morgan fingerprint density at radius 3 is 2.51 bits per heavy atom. The molecule has 0 aromatic heterocycles. The van der Waals surface area contributed by atoms with Gasteiger partial charge in [0.05, 0.1) is 12.3 Å². The molecule has 0 radical (unpaired) electrons. The molecule has 0 saturated carbocycles. The predicted octanol–water partition coefficient (Wildman–Crippen LogP) is 4.73. The lowest BCUT2D eigenvalue weighted by atomic mass is 9.87. The highest BCUT2D eigenvalue weighted by Crippen LogP contribution is 2.39. The summed E-state index contributed by atoms with van der Waals surface area (Å²) in [5, 5.41) is 4.32. The molecule has 222 valence electrons. The highest BCUT2D eigenvalue weighted by Gasteiger charge is 2.43. The van der Waals surface area contributed by atoms with Gasteiger partial charge in [-0.3, -0.25) is 14.5 Å². The van der Waals surface area contributed by atoms with Crippen molar-refractivity contribution in [3.63, 3.8) is 0 Å². The largest absolute Gasteiger partial charge is 0.350 e. The van der Waals surface area contributed by atoms with Crippen LogP contribution in [0.25, 0.3) is 0 Å². The second kappa shape index (κ2) is 13.5. The number of benzene rings is 2. The van der Waals surface area contributed by atoms with Crippen LogP contribution in [-0.2, 0) is 26.0 Å². The summed E-state index contributed by atoms with van der Waals surface area (Å²) >= 11 is 6.59. The van der Waals surface area contributed by atoms with Gasteiger partial charge in [0.25, 0.3) is 0 Å². The first kappa shape index (κ1) is 31.2. The van der Waals surface area contributed by atoms with Crippen molar-refractivity contribution >= 4 is 33.3 Å². The summed E-state index contributed by atoms with van der Waals surface area (Å²) in [5.41, 5.74) is 0.389. The average Bonchev–Trinajstić information content (AvgIpc) is 3.22. The lowest BCUT2D eigenvalue weighted by molar-refractivity contribution is -0.135. The molecule has 1 N–H and O–H groups in total. The maximum absolute atomic E-state index is 15.9. The summed E-state index contributed by atoms with van der Waals surface area (Å²) in [6.07, 6.45) is 2.80. The molecule has 10 heteroatoms. The van der Waals surface area contributed by atoms with Crippen LogP contribution in [-0.4, -0.2) is 74.2 Å². The van der Waals surface area contributed by atoms with E-state index in [9.17, 15) is 18.0 Å². The van der Waals surface area contributed by atoms with E-state index in [0.29, 0.717) is 31.1 Å². The molecule has 2 saturated heterocycles. The Kier molecular flexibility index (Phi) is 10.3. The van der Waals surface area contributed by atoms with Crippen LogP contribution in [0.5, 0.6) is 0 Å². The zero-order valence-corrected chi connectivity index (χ0v) is 25.2. The van der Waals surface area contributed by atoms with Gasteiger partial charge in [0.15, 0.2) is 9.84 Å². The van der Waals surface area contributed by atoms with Gasteiger partial charge >= 0.3 is 0 Å². The second-order valence-electron chi connectivity index (χ2n) is 11.4. The van der Waals surface area contributed by atoms with Crippen LogP contribution in [0.3, 0.4) is 0 Å². The molecule has 2 fully saturated rings. The fourth-order valence-electron chi connectivity index (χ4n) is 5.89. The van der Waals surface area contributed by atoms with Crippen molar-refractivity contribution in [2.45, 2.75) is 56.8 Å². The molecule has 0 unspecified atom stereocenters. The minimum absolute atomic E-state index is 0.00119. The molecule has 4 rings (SSSR count). The molecule has 2 aliphatic rings. The molecule has 0 bridgehead atoms. The molecule has 2 amide bonds. The fraction of sp³-hybridized carbons (Fsp3) is 0.484. The first-order chi connectivity index (χ1) is 19.4. The molecule has 2 aromatic rings. The van der Waals surface area contributed by atoms with Crippen LogP contribution in [0.1, 0.15) is 49.7 Å². The number of alkyl halides is 1. The van der Waals surface area contributed by atoms with E-state index in [1.807, 2.05) is 42.5 Å². The lowest BCUT2D eigenvalue weighted by Crippen LogP contribution is -2.41. The lowest BCUT2D eigenvalue weighted by Gasteiger charge is -2.28. The van der Waals surface area contributed by atoms with Crippen LogP contribution in [0.2, 0.25) is 5.02 Å². The SMILES string of the molecule is C[C@H](/C=C\S(C)(=O)=O)NC(=O)C[C@@]1(F)CCCN(C(=O)[C@H]2CN(Cc3ccccc3)C[C@H]2c2ccccc2Cl)CC1. The van der Waals surface area contributed by atoms with E-state index >= 15 is 4.39 Å². The molecule has 41 heavy (non-hydrogen) atoms. The van der Waals surface area contributed by atoms with Crippen molar-refractivity contribution in [2.24, 2.45) is 5.92 Å². The van der Waals surface area contributed by atoms with Gasteiger partial charge in [-0.2, -0.15) is 0 Å². The zero-order chi connectivity index (χ0) is 29.6. The van der Waals surface area contributed by atoms with Gasteiger partial charge in [-0.25, -0.2) is 12.8 Å². The summed E-state index contributed by atoms with van der Waals surface area (Å²) < 4.78 is 38.5. The van der Waals surface area contributed by atoms with E-state index in [-0.39, 0.29) is 43.6 Å². The van der Waals surface area contributed by atoms with Crippen LogP contribution in [0.15, 0.2) is 66.1 Å². The van der Waals surface area contributed by atoms with E-state index < -0.39 is 27.5 Å². The monoisotopic (exact) mass is 603 g/mol. The van der Waals surface area contributed by atoms with Crippen molar-refractivity contribution < 1.29 is 22.4 Å². The Morgan fingerprint density at radius 2 is 1.80 bits per heavy atom. The Labute approximate surface area is 247 Å². The number of carbonyl (C=O) groups is 2. The molecule has 2 aromatic carbocycles. The Bertz CT molecular complexity index is 1360. The average molecular weight is 604 g/mol. The number of carbonyl (C=O) groups excluding carboxylic acids is 2. The molecule has 0 spiro atoms. The number of nitrogens with one attached hydrogen (secondary N) is 1. The van der Waals surface area contributed by atoms with Gasteiger partial charge in [0.2, 0.25) is 11.8 Å². The van der Waals surface area contributed by atoms with E-state index in [4.69, 9.17) is 11.6 Å². The third-order valence-electron chi connectivity index (χ3n) is 7.94. The van der Waals surface area contributed by atoms with Crippen molar-refractivity contribution in [1.82, 2.24) is 15.1 Å². The van der Waals surface area contributed by atoms with Gasteiger partial charge in [0.1, 0.15) is 5.67 Å². The molecule has 0 aliphatic carbocycles. The van der Waals surface area contributed by atoms with E-state index in [0.717, 1.165) is 23.8 Å². The molecule has 4 atom stereocenters. The topological polar surface area (TPSA) is 86.8 Å². The van der Waals surface area contributed by atoms with E-state index in [2.05, 4.69) is 22.3 Å². The number of nitrogens with zero attached hydrogens (tertiary/aromatic N) is 2. The first-order valence-corrected chi connectivity index (χ1v) is 16.4. The Balaban J connectivity index is 1.42. The summed E-state index contributed by atoms with van der Waals surface area (Å²) in [5.74, 6) is -0.871. The number of sulfone groups is 1. The van der Waals surface area contributed by atoms with Crippen molar-refractivity contribution in [2.75, 3.05) is 32.4 Å². The smallest absolute Gasteiger partial charge is 0.227 e. The summed E-state index contributed by atoms with van der Waals surface area (Å²) in [4.78, 5) is 30.6. The van der Waals surface area contributed by atoms with Crippen LogP contribution in [0, 0.1) is 5.92 Å². The van der Waals surface area contributed by atoms with Crippen molar-refractivity contribution in [3.8, 4) is 0 Å².